The van der Waals surface area contributed by atoms with E-state index in [2.05, 4.69) is 9.97 Å². The van der Waals surface area contributed by atoms with E-state index in [1.807, 2.05) is 0 Å². The molecule has 3 aromatic rings. The monoisotopic (exact) mass is 335 g/mol. The number of aromatic nitrogens is 2. The van der Waals surface area contributed by atoms with Crippen molar-refractivity contribution in [1.29, 1.82) is 0 Å². The molecule has 0 radical (unpaired) electrons. The lowest BCUT2D eigenvalue weighted by molar-refractivity contribution is 0.1000. The van der Waals surface area contributed by atoms with Gasteiger partial charge in [-0.3, -0.25) is 9.78 Å². The Morgan fingerprint density at radius 3 is 2.73 bits per heavy atom. The molecule has 0 atom stereocenters. The van der Waals surface area contributed by atoms with Crippen LogP contribution in [0.1, 0.15) is 9.80 Å². The van der Waals surface area contributed by atoms with E-state index in [1.54, 1.807) is 30.6 Å². The molecule has 0 saturated carbocycles. The van der Waals surface area contributed by atoms with Gasteiger partial charge in [-0.1, -0.05) is 11.3 Å². The second kappa shape index (κ2) is 5.35. The maximum absolute atomic E-state index is 12.2. The quantitative estimate of drug-likeness (QED) is 0.724. The zero-order valence-electron chi connectivity index (χ0n) is 11.0. The summed E-state index contributed by atoms with van der Waals surface area (Å²) in [5.74, 6) is -0.627. The molecule has 7 nitrogen and oxygen atoms in total. The number of pyridine rings is 1. The van der Waals surface area contributed by atoms with Crippen molar-refractivity contribution in [2.45, 2.75) is 4.21 Å². The van der Waals surface area contributed by atoms with Crippen LogP contribution in [0.5, 0.6) is 5.75 Å². The number of nitrogens with zero attached hydrogens (tertiary/aromatic N) is 2. The van der Waals surface area contributed by atoms with Gasteiger partial charge in [-0.15, -0.1) is 0 Å². The molecule has 1 amide bonds. The molecule has 0 fully saturated rings. The average molecular weight is 335 g/mol. The predicted molar refractivity (Wildman–Crippen MR) is 80.2 cm³/mol. The van der Waals surface area contributed by atoms with Gasteiger partial charge in [0.25, 0.3) is 5.91 Å². The number of thiazole rings is 1. The molecule has 9 heteroatoms. The van der Waals surface area contributed by atoms with Crippen LogP contribution in [0.15, 0.2) is 47.1 Å². The first-order valence-corrected chi connectivity index (χ1v) is 8.22. The fourth-order valence-corrected chi connectivity index (χ4v) is 3.64. The summed E-state index contributed by atoms with van der Waals surface area (Å²) in [6.07, 6.45) is 4.31. The fraction of sp³-hybridized carbons (Fsp3) is 0. The van der Waals surface area contributed by atoms with E-state index in [1.165, 1.54) is 6.07 Å². The van der Waals surface area contributed by atoms with E-state index >= 15 is 0 Å². The molecule has 3 rings (SSSR count). The van der Waals surface area contributed by atoms with Crippen LogP contribution < -0.4 is 9.92 Å². The third kappa shape index (κ3) is 2.76. The molecular formula is C13H9N3O4S2. The van der Waals surface area contributed by atoms with Gasteiger partial charge in [-0.2, -0.15) is 8.42 Å². The molecule has 2 N–H and O–H groups in total. The van der Waals surface area contributed by atoms with Gasteiger partial charge in [-0.25, -0.2) is 4.98 Å². The van der Waals surface area contributed by atoms with Crippen molar-refractivity contribution in [2.75, 3.05) is 0 Å². The van der Waals surface area contributed by atoms with E-state index in [0.717, 1.165) is 17.0 Å². The molecule has 0 unspecified atom stereocenters. The number of hydrogen-bond donors (Lipinski definition) is 1. The van der Waals surface area contributed by atoms with Crippen LogP contribution in [0, 0.1) is 0 Å². The Bertz CT molecular complexity index is 966. The molecule has 0 bridgehead atoms. The Hall–Kier alpha value is -2.52. The van der Waals surface area contributed by atoms with Gasteiger partial charge in [0.2, 0.25) is 0 Å². The number of carbonyl (C=O) groups is 1. The van der Waals surface area contributed by atoms with E-state index in [9.17, 15) is 13.2 Å². The summed E-state index contributed by atoms with van der Waals surface area (Å²) < 4.78 is 29.2. The maximum atomic E-state index is 12.2. The second-order valence-electron chi connectivity index (χ2n) is 4.27. The Morgan fingerprint density at radius 1 is 1.18 bits per heavy atom. The number of benzene rings is 1. The average Bonchev–Trinajstić information content (AvgIpc) is 2.97. The lowest BCUT2D eigenvalue weighted by Crippen LogP contribution is -2.10. The molecule has 0 aliphatic heterocycles. The molecule has 2 heterocycles. The van der Waals surface area contributed by atoms with Crippen molar-refractivity contribution in [1.82, 2.24) is 9.97 Å². The highest BCUT2D eigenvalue weighted by atomic mass is 32.3. The van der Waals surface area contributed by atoms with Crippen LogP contribution in [0.4, 0.5) is 0 Å². The molecular weight excluding hydrogens is 326 g/mol. The third-order valence-electron chi connectivity index (χ3n) is 2.76. The van der Waals surface area contributed by atoms with Gasteiger partial charge < -0.3 is 9.92 Å². The van der Waals surface area contributed by atoms with Crippen molar-refractivity contribution in [3.63, 3.8) is 0 Å². The molecule has 112 valence electrons. The molecule has 0 saturated heterocycles. The van der Waals surface area contributed by atoms with Crippen LogP contribution in [0.25, 0.3) is 10.8 Å². The standard InChI is InChI=1S/C13H9N3O4S2/c14-12(17)13-16-7-11(21-13)22(18,19)20-10-2-1-9-6-15-4-3-8(9)5-10/h1-7H,(H2,14,17). The van der Waals surface area contributed by atoms with Gasteiger partial charge in [0.15, 0.2) is 9.22 Å². The normalized spacial score (nSPS) is 11.5. The first-order chi connectivity index (χ1) is 10.5. The number of primary amides is 1. The summed E-state index contributed by atoms with van der Waals surface area (Å²) in [5.41, 5.74) is 5.05. The molecule has 0 aliphatic rings. The summed E-state index contributed by atoms with van der Waals surface area (Å²) in [6.45, 7) is 0. The van der Waals surface area contributed by atoms with Crippen molar-refractivity contribution in [2.24, 2.45) is 5.73 Å². The van der Waals surface area contributed by atoms with E-state index in [4.69, 9.17) is 9.92 Å². The van der Waals surface area contributed by atoms with Gasteiger partial charge in [0.05, 0.1) is 6.20 Å². The molecule has 2 aromatic heterocycles. The van der Waals surface area contributed by atoms with Crippen molar-refractivity contribution >= 4 is 38.1 Å². The van der Waals surface area contributed by atoms with Crippen LogP contribution >= 0.6 is 11.3 Å². The highest BCUT2D eigenvalue weighted by molar-refractivity contribution is 7.89. The second-order valence-corrected chi connectivity index (χ2v) is 7.07. The van der Waals surface area contributed by atoms with E-state index in [0.29, 0.717) is 11.3 Å². The summed E-state index contributed by atoms with van der Waals surface area (Å²) in [7, 11) is -4.06. The zero-order chi connectivity index (χ0) is 15.7. The van der Waals surface area contributed by atoms with Gasteiger partial charge in [0, 0.05) is 17.8 Å². The lowest BCUT2D eigenvalue weighted by Gasteiger charge is -2.05. The zero-order valence-corrected chi connectivity index (χ0v) is 12.6. The van der Waals surface area contributed by atoms with Crippen molar-refractivity contribution in [3.05, 3.63) is 47.9 Å². The number of carbonyl (C=O) groups excluding carboxylic acids is 1. The van der Waals surface area contributed by atoms with Crippen LogP contribution in [0.2, 0.25) is 0 Å². The van der Waals surface area contributed by atoms with Crippen molar-refractivity contribution in [3.8, 4) is 5.75 Å². The minimum atomic E-state index is -4.06. The molecule has 0 aliphatic carbocycles. The Labute approximate surface area is 129 Å². The van der Waals surface area contributed by atoms with Crippen LogP contribution in [0.3, 0.4) is 0 Å². The summed E-state index contributed by atoms with van der Waals surface area (Å²) >= 11 is 0.662. The third-order valence-corrected chi connectivity index (χ3v) is 5.44. The minimum Gasteiger partial charge on any atom is -0.378 e. The number of hydrogen-bond acceptors (Lipinski definition) is 7. The number of rotatable bonds is 4. The Balaban J connectivity index is 1.93. The smallest absolute Gasteiger partial charge is 0.350 e. The summed E-state index contributed by atoms with van der Waals surface area (Å²) in [6, 6.07) is 6.56. The highest BCUT2D eigenvalue weighted by Crippen LogP contribution is 2.25. The largest absolute Gasteiger partial charge is 0.378 e. The maximum Gasteiger partial charge on any atom is 0.350 e. The van der Waals surface area contributed by atoms with Gasteiger partial charge in [-0.05, 0) is 29.7 Å². The number of nitrogens with two attached hydrogens (primary N) is 1. The number of fused-ring (bicyclic) bond motifs is 1. The molecule has 0 spiro atoms. The summed E-state index contributed by atoms with van der Waals surface area (Å²) in [4.78, 5) is 18.6. The van der Waals surface area contributed by atoms with Crippen LogP contribution in [-0.2, 0) is 10.1 Å². The minimum absolute atomic E-state index is 0.0910. The van der Waals surface area contributed by atoms with E-state index in [-0.39, 0.29) is 15.0 Å². The van der Waals surface area contributed by atoms with Gasteiger partial charge in [0.1, 0.15) is 5.75 Å². The lowest BCUT2D eigenvalue weighted by atomic mass is 10.2. The molecule has 22 heavy (non-hydrogen) atoms. The first-order valence-electron chi connectivity index (χ1n) is 5.99. The number of amides is 1. The Kier molecular flexibility index (Phi) is 3.51. The predicted octanol–water partition coefficient (Wildman–Crippen LogP) is 1.56. The topological polar surface area (TPSA) is 112 Å². The van der Waals surface area contributed by atoms with E-state index < -0.39 is 16.0 Å². The fourth-order valence-electron chi connectivity index (χ4n) is 1.77. The highest BCUT2D eigenvalue weighted by Gasteiger charge is 2.22. The SMILES string of the molecule is NC(=O)c1ncc(S(=O)(=O)Oc2ccc3cnccc3c2)s1. The van der Waals surface area contributed by atoms with Gasteiger partial charge >= 0.3 is 10.1 Å². The van der Waals surface area contributed by atoms with Crippen LogP contribution in [-0.4, -0.2) is 24.3 Å². The van der Waals surface area contributed by atoms with Crippen molar-refractivity contribution < 1.29 is 17.4 Å². The summed E-state index contributed by atoms with van der Waals surface area (Å²) in [5, 5.41) is 1.57. The molecule has 1 aromatic carbocycles. The Morgan fingerprint density at radius 2 is 2.00 bits per heavy atom. The first kappa shape index (κ1) is 14.4.